The van der Waals surface area contributed by atoms with E-state index in [2.05, 4.69) is 5.32 Å². The molecule has 0 spiro atoms. The van der Waals surface area contributed by atoms with Crippen LogP contribution in [-0.4, -0.2) is 6.54 Å². The molecule has 0 radical (unpaired) electrons. The molecule has 1 aliphatic rings. The van der Waals surface area contributed by atoms with Crippen molar-refractivity contribution in [1.29, 1.82) is 0 Å². The maximum atomic E-state index is 13.7. The molecule has 0 saturated heterocycles. The van der Waals surface area contributed by atoms with Crippen LogP contribution in [0.15, 0.2) is 6.07 Å². The van der Waals surface area contributed by atoms with E-state index in [0.717, 1.165) is 12.3 Å². The maximum Gasteiger partial charge on any atom is 0.169 e. The molecule has 16 heavy (non-hydrogen) atoms. The van der Waals surface area contributed by atoms with Crippen molar-refractivity contribution in [2.45, 2.75) is 19.3 Å². The van der Waals surface area contributed by atoms with Crippen LogP contribution in [0.5, 0.6) is 0 Å². The van der Waals surface area contributed by atoms with Gasteiger partial charge in [-0.15, -0.1) is 0 Å². The fraction of sp³-hybridized carbons (Fsp3) is 0.455. The molecule has 1 aromatic carbocycles. The first-order chi connectivity index (χ1) is 7.59. The molecule has 1 aromatic rings. The largest absolute Gasteiger partial charge is 0.397 e. The fourth-order valence-electron chi connectivity index (χ4n) is 1.65. The zero-order valence-corrected chi connectivity index (χ0v) is 9.65. The molecule has 5 N–H and O–H groups in total. The lowest BCUT2D eigenvalue weighted by atomic mass is 10.2. The van der Waals surface area contributed by atoms with E-state index in [4.69, 9.17) is 23.1 Å². The lowest BCUT2D eigenvalue weighted by molar-refractivity contribution is 0.630. The highest BCUT2D eigenvalue weighted by atomic mass is 35.5. The molecule has 0 bridgehead atoms. The molecule has 0 heterocycles. The minimum absolute atomic E-state index is 0.0666. The summed E-state index contributed by atoms with van der Waals surface area (Å²) in [5.74, 6) is 0.232. The Morgan fingerprint density at radius 3 is 2.69 bits per heavy atom. The van der Waals surface area contributed by atoms with Crippen LogP contribution in [0.2, 0.25) is 5.02 Å². The Labute approximate surface area is 98.9 Å². The lowest BCUT2D eigenvalue weighted by Crippen LogP contribution is -2.08. The van der Waals surface area contributed by atoms with Gasteiger partial charge in [0.2, 0.25) is 0 Å². The van der Waals surface area contributed by atoms with Crippen LogP contribution in [-0.2, 0) is 0 Å². The van der Waals surface area contributed by atoms with Gasteiger partial charge in [-0.2, -0.15) is 0 Å². The van der Waals surface area contributed by atoms with Gasteiger partial charge in [0.25, 0.3) is 0 Å². The van der Waals surface area contributed by atoms with E-state index in [-0.39, 0.29) is 16.4 Å². The molecule has 2 rings (SSSR count). The van der Waals surface area contributed by atoms with Crippen LogP contribution in [0.3, 0.4) is 0 Å². The van der Waals surface area contributed by atoms with Crippen molar-refractivity contribution in [2.24, 2.45) is 5.92 Å². The predicted molar refractivity (Wildman–Crippen MR) is 66.1 cm³/mol. The summed E-state index contributed by atoms with van der Waals surface area (Å²) in [5, 5.41) is 2.91. The number of hydrogen-bond acceptors (Lipinski definition) is 3. The number of rotatable bonds is 4. The first-order valence-electron chi connectivity index (χ1n) is 5.36. The standard InChI is InChI=1S/C11H15ClFN3/c12-9-7(14)5-8(15)11(10(9)13)16-4-3-6-1-2-6/h5-6,16H,1-4,14-15H2. The van der Waals surface area contributed by atoms with E-state index < -0.39 is 5.82 Å². The van der Waals surface area contributed by atoms with Gasteiger partial charge < -0.3 is 16.8 Å². The smallest absolute Gasteiger partial charge is 0.169 e. The molecule has 0 unspecified atom stereocenters. The van der Waals surface area contributed by atoms with Crippen molar-refractivity contribution in [2.75, 3.05) is 23.3 Å². The maximum absolute atomic E-state index is 13.7. The summed E-state index contributed by atoms with van der Waals surface area (Å²) in [6.07, 6.45) is 3.60. The Kier molecular flexibility index (Phi) is 3.10. The van der Waals surface area contributed by atoms with Crippen LogP contribution in [0.4, 0.5) is 21.5 Å². The van der Waals surface area contributed by atoms with E-state index in [1.165, 1.54) is 18.9 Å². The third-order valence-electron chi connectivity index (χ3n) is 2.82. The zero-order valence-electron chi connectivity index (χ0n) is 8.89. The topological polar surface area (TPSA) is 64.1 Å². The first-order valence-corrected chi connectivity index (χ1v) is 5.74. The van der Waals surface area contributed by atoms with Crippen LogP contribution < -0.4 is 16.8 Å². The second kappa shape index (κ2) is 4.37. The Morgan fingerprint density at radius 2 is 2.06 bits per heavy atom. The van der Waals surface area contributed by atoms with Crippen molar-refractivity contribution in [3.05, 3.63) is 16.9 Å². The summed E-state index contributed by atoms with van der Waals surface area (Å²) in [5.41, 5.74) is 11.9. The summed E-state index contributed by atoms with van der Waals surface area (Å²) in [6, 6.07) is 1.48. The Balaban J connectivity index is 2.08. The van der Waals surface area contributed by atoms with Gasteiger partial charge in [0, 0.05) is 6.54 Å². The Morgan fingerprint density at radius 1 is 1.38 bits per heavy atom. The molecule has 88 valence electrons. The molecular weight excluding hydrogens is 229 g/mol. The molecule has 1 saturated carbocycles. The molecule has 1 aliphatic carbocycles. The molecule has 0 atom stereocenters. The zero-order chi connectivity index (χ0) is 11.7. The van der Waals surface area contributed by atoms with Gasteiger partial charge in [-0.05, 0) is 18.4 Å². The fourth-order valence-corrected chi connectivity index (χ4v) is 1.80. The van der Waals surface area contributed by atoms with Crippen molar-refractivity contribution in [3.63, 3.8) is 0 Å². The molecule has 0 aliphatic heterocycles. The second-order valence-corrected chi connectivity index (χ2v) is 4.59. The quantitative estimate of drug-likeness (QED) is 0.713. The monoisotopic (exact) mass is 243 g/mol. The molecular formula is C11H15ClFN3. The van der Waals surface area contributed by atoms with Gasteiger partial charge in [0.1, 0.15) is 5.02 Å². The van der Waals surface area contributed by atoms with Crippen molar-refractivity contribution < 1.29 is 4.39 Å². The molecule has 0 amide bonds. The van der Waals surface area contributed by atoms with Crippen molar-refractivity contribution >= 4 is 28.7 Å². The number of nitrogen functional groups attached to an aromatic ring is 2. The van der Waals surface area contributed by atoms with E-state index in [1.54, 1.807) is 0 Å². The number of hydrogen-bond donors (Lipinski definition) is 3. The van der Waals surface area contributed by atoms with Crippen LogP contribution in [0.25, 0.3) is 0 Å². The lowest BCUT2D eigenvalue weighted by Gasteiger charge is -2.12. The van der Waals surface area contributed by atoms with Gasteiger partial charge >= 0.3 is 0 Å². The third kappa shape index (κ3) is 2.32. The molecule has 1 fully saturated rings. The van der Waals surface area contributed by atoms with Gasteiger partial charge in [-0.3, -0.25) is 0 Å². The molecule has 5 heteroatoms. The van der Waals surface area contributed by atoms with E-state index in [9.17, 15) is 4.39 Å². The second-order valence-electron chi connectivity index (χ2n) is 4.22. The predicted octanol–water partition coefficient (Wildman–Crippen LogP) is 2.86. The van der Waals surface area contributed by atoms with Crippen molar-refractivity contribution in [1.82, 2.24) is 0 Å². The minimum atomic E-state index is -0.560. The summed E-state index contributed by atoms with van der Waals surface area (Å²) in [7, 11) is 0. The van der Waals surface area contributed by atoms with Gasteiger partial charge in [0.15, 0.2) is 5.82 Å². The van der Waals surface area contributed by atoms with Gasteiger partial charge in [0.05, 0.1) is 17.1 Å². The molecule has 0 aromatic heterocycles. The van der Waals surface area contributed by atoms with Crippen LogP contribution in [0, 0.1) is 11.7 Å². The Bertz CT molecular complexity index is 405. The van der Waals surface area contributed by atoms with E-state index in [0.29, 0.717) is 12.2 Å². The van der Waals surface area contributed by atoms with Crippen molar-refractivity contribution in [3.8, 4) is 0 Å². The number of anilines is 3. The highest BCUT2D eigenvalue weighted by Crippen LogP contribution is 2.35. The first kappa shape index (κ1) is 11.3. The summed E-state index contributed by atoms with van der Waals surface area (Å²) in [4.78, 5) is 0. The van der Waals surface area contributed by atoms with E-state index in [1.807, 2.05) is 0 Å². The SMILES string of the molecule is Nc1cc(N)c(NCCC2CC2)c(F)c1Cl. The average molecular weight is 244 g/mol. The normalized spacial score (nSPS) is 15.1. The number of nitrogens with one attached hydrogen (secondary N) is 1. The number of benzene rings is 1. The molecule has 3 nitrogen and oxygen atoms in total. The summed E-state index contributed by atoms with van der Waals surface area (Å²) in [6.45, 7) is 0.714. The Hall–Kier alpha value is -1.16. The highest BCUT2D eigenvalue weighted by Gasteiger charge is 2.21. The number of halogens is 2. The van der Waals surface area contributed by atoms with Crippen LogP contribution >= 0.6 is 11.6 Å². The van der Waals surface area contributed by atoms with Gasteiger partial charge in [-0.1, -0.05) is 24.4 Å². The average Bonchev–Trinajstić information content (AvgIpc) is 3.04. The van der Waals surface area contributed by atoms with Gasteiger partial charge in [-0.25, -0.2) is 4.39 Å². The minimum Gasteiger partial charge on any atom is -0.397 e. The van der Waals surface area contributed by atoms with E-state index >= 15 is 0 Å². The number of nitrogens with two attached hydrogens (primary N) is 2. The summed E-state index contributed by atoms with van der Waals surface area (Å²) >= 11 is 5.71. The van der Waals surface area contributed by atoms with Crippen LogP contribution in [0.1, 0.15) is 19.3 Å². The highest BCUT2D eigenvalue weighted by molar-refractivity contribution is 6.33. The summed E-state index contributed by atoms with van der Waals surface area (Å²) < 4.78 is 13.7. The third-order valence-corrected chi connectivity index (χ3v) is 3.20.